The van der Waals surface area contributed by atoms with Gasteiger partial charge in [-0.05, 0) is 33.1 Å². The van der Waals surface area contributed by atoms with Crippen molar-refractivity contribution in [2.45, 2.75) is 45.1 Å². The van der Waals surface area contributed by atoms with Crippen molar-refractivity contribution in [3.8, 4) is 0 Å². The number of nitrogens with one attached hydrogen (secondary N) is 1. The maximum absolute atomic E-state index is 12.3. The monoisotopic (exact) mass is 381 g/mol. The summed E-state index contributed by atoms with van der Waals surface area (Å²) in [4.78, 5) is 33.8. The number of carbonyl (C=O) groups is 1. The van der Waals surface area contributed by atoms with Crippen LogP contribution in [0, 0.1) is 13.8 Å². The van der Waals surface area contributed by atoms with E-state index in [9.17, 15) is 4.79 Å². The molecule has 1 atom stereocenters. The van der Waals surface area contributed by atoms with E-state index in [-0.39, 0.29) is 17.8 Å². The van der Waals surface area contributed by atoms with E-state index < -0.39 is 0 Å². The lowest BCUT2D eigenvalue weighted by molar-refractivity contribution is 0.0815. The minimum absolute atomic E-state index is 0.174. The number of carbonyl (C=O) groups excluding carboxylic acids is 1. The molecule has 0 radical (unpaired) electrons. The van der Waals surface area contributed by atoms with Crippen molar-refractivity contribution >= 4 is 17.5 Å². The van der Waals surface area contributed by atoms with Crippen LogP contribution in [0.4, 0.5) is 11.6 Å². The molecule has 8 heteroatoms. The molecule has 4 rings (SSSR count). The molecule has 1 N–H and O–H groups in total. The fraction of sp³-hybridized carbons (Fsp3) is 0.550. The van der Waals surface area contributed by atoms with Gasteiger partial charge in [0.15, 0.2) is 0 Å². The average Bonchev–Trinajstić information content (AvgIpc) is 3.43. The van der Waals surface area contributed by atoms with Crippen LogP contribution >= 0.6 is 0 Å². The van der Waals surface area contributed by atoms with Gasteiger partial charge < -0.3 is 15.1 Å². The van der Waals surface area contributed by atoms with Crippen LogP contribution in [0.15, 0.2) is 12.4 Å². The fourth-order valence-electron chi connectivity index (χ4n) is 3.55. The van der Waals surface area contributed by atoms with Crippen molar-refractivity contribution in [2.24, 2.45) is 0 Å². The summed E-state index contributed by atoms with van der Waals surface area (Å²) in [7, 11) is 3.43. The zero-order valence-corrected chi connectivity index (χ0v) is 16.9. The molecular formula is C20H27N7O. The van der Waals surface area contributed by atoms with E-state index in [2.05, 4.69) is 36.2 Å². The highest BCUT2D eigenvalue weighted by molar-refractivity contribution is 5.90. The third kappa shape index (κ3) is 3.76. The minimum Gasteiger partial charge on any atom is -0.365 e. The second kappa shape index (κ2) is 7.33. The van der Waals surface area contributed by atoms with Crippen LogP contribution in [0.25, 0.3) is 0 Å². The van der Waals surface area contributed by atoms with Crippen molar-refractivity contribution in [3.63, 3.8) is 0 Å². The quantitative estimate of drug-likeness (QED) is 0.849. The largest absolute Gasteiger partial charge is 0.365 e. The molecule has 2 aromatic rings. The highest BCUT2D eigenvalue weighted by Gasteiger charge is 2.28. The van der Waals surface area contributed by atoms with E-state index in [1.165, 1.54) is 17.7 Å². The molecule has 0 spiro atoms. The molecule has 2 aliphatic rings. The molecule has 0 bridgehead atoms. The number of hydrogen-bond acceptors (Lipinski definition) is 7. The summed E-state index contributed by atoms with van der Waals surface area (Å²) in [5, 5.41) is 3.54. The first-order valence-electron chi connectivity index (χ1n) is 9.82. The van der Waals surface area contributed by atoms with Gasteiger partial charge in [0.25, 0.3) is 5.91 Å². The molecule has 1 saturated heterocycles. The predicted octanol–water partition coefficient (Wildman–Crippen LogP) is 2.15. The SMILES string of the molecule is Cc1nc(C(=O)N(C)C)nc(N2CC[C@@H](Nc3cc(C4CC4)ncn3)C2)c1C. The van der Waals surface area contributed by atoms with Crippen LogP contribution in [0.5, 0.6) is 0 Å². The first-order chi connectivity index (χ1) is 13.4. The second-order valence-corrected chi connectivity index (χ2v) is 7.96. The lowest BCUT2D eigenvalue weighted by Gasteiger charge is -2.22. The molecule has 1 amide bonds. The Kier molecular flexibility index (Phi) is 4.87. The summed E-state index contributed by atoms with van der Waals surface area (Å²) >= 11 is 0. The molecule has 1 saturated carbocycles. The summed E-state index contributed by atoms with van der Waals surface area (Å²) < 4.78 is 0. The molecule has 148 valence electrons. The summed E-state index contributed by atoms with van der Waals surface area (Å²) in [5.74, 6) is 2.44. The Balaban J connectivity index is 1.49. The van der Waals surface area contributed by atoms with Gasteiger partial charge in [-0.25, -0.2) is 19.9 Å². The molecule has 2 aromatic heterocycles. The van der Waals surface area contributed by atoms with Crippen molar-refractivity contribution < 1.29 is 4.79 Å². The Labute approximate surface area is 165 Å². The molecular weight excluding hydrogens is 354 g/mol. The Hall–Kier alpha value is -2.77. The molecule has 28 heavy (non-hydrogen) atoms. The van der Waals surface area contributed by atoms with Gasteiger partial charge >= 0.3 is 0 Å². The third-order valence-electron chi connectivity index (χ3n) is 5.48. The van der Waals surface area contributed by atoms with E-state index in [0.29, 0.717) is 5.92 Å². The smallest absolute Gasteiger partial charge is 0.291 e. The standard InChI is InChI=1S/C20H27N7O/c1-12-13(2)23-18(20(28)26(3)4)25-19(12)27-8-7-15(10-27)24-17-9-16(14-5-6-14)21-11-22-17/h9,11,14-15H,5-8,10H2,1-4H3,(H,21,22,24)/t15-/m1/s1. The van der Waals surface area contributed by atoms with Crippen molar-refractivity contribution in [1.82, 2.24) is 24.8 Å². The zero-order valence-electron chi connectivity index (χ0n) is 16.9. The van der Waals surface area contributed by atoms with Crippen molar-refractivity contribution in [2.75, 3.05) is 37.4 Å². The second-order valence-electron chi connectivity index (χ2n) is 7.96. The fourth-order valence-corrected chi connectivity index (χ4v) is 3.55. The maximum atomic E-state index is 12.3. The molecule has 2 fully saturated rings. The predicted molar refractivity (Wildman–Crippen MR) is 108 cm³/mol. The number of anilines is 2. The maximum Gasteiger partial charge on any atom is 0.291 e. The van der Waals surface area contributed by atoms with E-state index in [0.717, 1.165) is 48.1 Å². The summed E-state index contributed by atoms with van der Waals surface area (Å²) in [6, 6.07) is 2.36. The van der Waals surface area contributed by atoms with Gasteiger partial charge in [0.2, 0.25) is 5.82 Å². The van der Waals surface area contributed by atoms with E-state index in [4.69, 9.17) is 0 Å². The van der Waals surface area contributed by atoms with Gasteiger partial charge in [0, 0.05) is 62.2 Å². The van der Waals surface area contributed by atoms with Crippen LogP contribution in [0.3, 0.4) is 0 Å². The van der Waals surface area contributed by atoms with Crippen LogP contribution < -0.4 is 10.2 Å². The highest BCUT2D eigenvalue weighted by Crippen LogP contribution is 2.39. The number of hydrogen-bond donors (Lipinski definition) is 1. The molecule has 0 unspecified atom stereocenters. The molecule has 1 aliphatic heterocycles. The average molecular weight is 381 g/mol. The van der Waals surface area contributed by atoms with Gasteiger partial charge in [-0.15, -0.1) is 0 Å². The Morgan fingerprint density at radius 3 is 2.68 bits per heavy atom. The van der Waals surface area contributed by atoms with Gasteiger partial charge in [-0.3, -0.25) is 4.79 Å². The van der Waals surface area contributed by atoms with E-state index in [1.807, 2.05) is 13.8 Å². The summed E-state index contributed by atoms with van der Waals surface area (Å²) in [6.45, 7) is 5.64. The number of nitrogens with zero attached hydrogens (tertiary/aromatic N) is 6. The van der Waals surface area contributed by atoms with Crippen LogP contribution in [-0.2, 0) is 0 Å². The zero-order chi connectivity index (χ0) is 19.8. The number of rotatable bonds is 5. The molecule has 3 heterocycles. The molecule has 1 aliphatic carbocycles. The molecule has 8 nitrogen and oxygen atoms in total. The topological polar surface area (TPSA) is 87.1 Å². The van der Waals surface area contributed by atoms with E-state index in [1.54, 1.807) is 20.4 Å². The summed E-state index contributed by atoms with van der Waals surface area (Å²) in [6.07, 6.45) is 5.10. The summed E-state index contributed by atoms with van der Waals surface area (Å²) in [5.41, 5.74) is 3.01. The van der Waals surface area contributed by atoms with Crippen LogP contribution in [0.1, 0.15) is 52.8 Å². The normalized spacial score (nSPS) is 19.0. The van der Waals surface area contributed by atoms with Gasteiger partial charge in [0.05, 0.1) is 0 Å². The van der Waals surface area contributed by atoms with Gasteiger partial charge in [0.1, 0.15) is 18.0 Å². The van der Waals surface area contributed by atoms with E-state index >= 15 is 0 Å². The first kappa shape index (κ1) is 18.6. The van der Waals surface area contributed by atoms with Crippen LogP contribution in [0.2, 0.25) is 0 Å². The first-order valence-corrected chi connectivity index (χ1v) is 9.82. The lowest BCUT2D eigenvalue weighted by atomic mass is 10.2. The lowest BCUT2D eigenvalue weighted by Crippen LogP contribution is -2.30. The van der Waals surface area contributed by atoms with Crippen molar-refractivity contribution in [3.05, 3.63) is 35.2 Å². The number of amides is 1. The Morgan fingerprint density at radius 1 is 1.18 bits per heavy atom. The number of aryl methyl sites for hydroxylation is 1. The van der Waals surface area contributed by atoms with Gasteiger partial charge in [-0.1, -0.05) is 0 Å². The van der Waals surface area contributed by atoms with Crippen LogP contribution in [-0.4, -0.2) is 64.0 Å². The minimum atomic E-state index is -0.174. The Morgan fingerprint density at radius 2 is 1.96 bits per heavy atom. The number of aromatic nitrogens is 4. The Bertz CT molecular complexity index is 894. The van der Waals surface area contributed by atoms with Crippen molar-refractivity contribution in [1.29, 1.82) is 0 Å². The molecule has 0 aromatic carbocycles. The highest BCUT2D eigenvalue weighted by atomic mass is 16.2. The third-order valence-corrected chi connectivity index (χ3v) is 5.48. The van der Waals surface area contributed by atoms with Gasteiger partial charge in [-0.2, -0.15) is 0 Å².